The first-order valence-electron chi connectivity index (χ1n) is 10.9. The highest BCUT2D eigenvalue weighted by Gasteiger charge is 2.14. The fraction of sp³-hybridized carbons (Fsp3) is 0.750. The maximum absolute atomic E-state index is 12.4. The lowest BCUT2D eigenvalue weighted by molar-refractivity contribution is 0.277. The van der Waals surface area contributed by atoms with Crippen molar-refractivity contribution in [3.63, 3.8) is 0 Å². The van der Waals surface area contributed by atoms with E-state index < -0.39 is 0 Å². The molecule has 0 saturated carbocycles. The van der Waals surface area contributed by atoms with Gasteiger partial charge in [0.15, 0.2) is 11.5 Å². The van der Waals surface area contributed by atoms with Crippen LogP contribution in [0.4, 0.5) is 11.8 Å². The average molecular weight is 390 g/mol. The molecule has 0 bridgehead atoms. The number of aryl methyl sites for hydroxylation is 1. The highest BCUT2D eigenvalue weighted by molar-refractivity contribution is 5.82. The van der Waals surface area contributed by atoms with Crippen LogP contribution in [-0.2, 0) is 6.54 Å². The van der Waals surface area contributed by atoms with Crippen molar-refractivity contribution in [3.05, 3.63) is 10.5 Å². The van der Waals surface area contributed by atoms with Gasteiger partial charge in [-0.15, -0.1) is 0 Å². The Hall–Kier alpha value is -2.09. The van der Waals surface area contributed by atoms with E-state index in [0.717, 1.165) is 32.2 Å². The molecule has 0 atom stereocenters. The van der Waals surface area contributed by atoms with Crippen molar-refractivity contribution in [2.24, 2.45) is 0 Å². The van der Waals surface area contributed by atoms with Crippen molar-refractivity contribution < 1.29 is 0 Å². The Labute approximate surface area is 166 Å². The highest BCUT2D eigenvalue weighted by Crippen LogP contribution is 2.17. The minimum Gasteiger partial charge on any atom is -0.382 e. The molecule has 156 valence electrons. The van der Waals surface area contributed by atoms with Gasteiger partial charge in [-0.05, 0) is 51.7 Å². The number of nitrogen functional groups attached to an aromatic ring is 1. The van der Waals surface area contributed by atoms with Gasteiger partial charge in [-0.1, -0.05) is 32.6 Å². The largest absolute Gasteiger partial charge is 0.382 e. The SMILES string of the molecule is CCCCNc1nc(N)c2[nH]c(=O)n(CCCCCN3CCCCCC3)c2n1. The number of likely N-dealkylation sites (tertiary alicyclic amines) is 1. The molecular formula is C20H35N7O. The first-order chi connectivity index (χ1) is 13.7. The van der Waals surface area contributed by atoms with Crippen molar-refractivity contribution in [2.45, 2.75) is 71.3 Å². The molecule has 4 N–H and O–H groups in total. The maximum Gasteiger partial charge on any atom is 0.327 e. The minimum atomic E-state index is -0.158. The molecule has 1 fully saturated rings. The number of rotatable bonds is 10. The fourth-order valence-electron chi connectivity index (χ4n) is 3.86. The summed E-state index contributed by atoms with van der Waals surface area (Å²) < 4.78 is 1.70. The topological polar surface area (TPSA) is 105 Å². The molecule has 1 saturated heterocycles. The number of unbranched alkanes of at least 4 members (excludes halogenated alkanes) is 3. The molecule has 8 nitrogen and oxygen atoms in total. The van der Waals surface area contributed by atoms with Gasteiger partial charge in [-0.2, -0.15) is 9.97 Å². The minimum absolute atomic E-state index is 0.158. The molecule has 0 amide bonds. The summed E-state index contributed by atoms with van der Waals surface area (Å²) in [4.78, 5) is 26.6. The number of anilines is 2. The lowest BCUT2D eigenvalue weighted by Crippen LogP contribution is -2.25. The van der Waals surface area contributed by atoms with Crippen LogP contribution < -0.4 is 16.7 Å². The zero-order chi connectivity index (χ0) is 19.8. The van der Waals surface area contributed by atoms with Gasteiger partial charge in [-0.25, -0.2) is 4.79 Å². The zero-order valence-electron chi connectivity index (χ0n) is 17.2. The number of nitrogens with two attached hydrogens (primary N) is 1. The molecule has 3 heterocycles. The highest BCUT2D eigenvalue weighted by atomic mass is 16.1. The van der Waals surface area contributed by atoms with Crippen LogP contribution in [0.5, 0.6) is 0 Å². The Morgan fingerprint density at radius 1 is 1.04 bits per heavy atom. The van der Waals surface area contributed by atoms with E-state index in [1.807, 2.05) is 0 Å². The standard InChI is InChI=1S/C20H35N7O/c1-2-3-11-22-19-24-17(21)16-18(25-19)27(20(28)23-16)15-10-6-9-14-26-12-7-4-5-8-13-26/h2-15H2,1H3,(H,23,28)(H3,21,22,24,25). The van der Waals surface area contributed by atoms with E-state index in [2.05, 4.69) is 32.1 Å². The van der Waals surface area contributed by atoms with Gasteiger partial charge < -0.3 is 20.9 Å². The van der Waals surface area contributed by atoms with Crippen LogP contribution in [0.25, 0.3) is 11.2 Å². The summed E-state index contributed by atoms with van der Waals surface area (Å²) in [6, 6.07) is 0. The fourth-order valence-corrected chi connectivity index (χ4v) is 3.86. The van der Waals surface area contributed by atoms with Crippen molar-refractivity contribution in [2.75, 3.05) is 37.2 Å². The third-order valence-corrected chi connectivity index (χ3v) is 5.52. The average Bonchev–Trinajstić information content (AvgIpc) is 2.85. The quantitative estimate of drug-likeness (QED) is 0.540. The third-order valence-electron chi connectivity index (χ3n) is 5.52. The first-order valence-corrected chi connectivity index (χ1v) is 10.9. The molecule has 0 unspecified atom stereocenters. The second-order valence-corrected chi connectivity index (χ2v) is 7.81. The Bertz CT molecular complexity index is 790. The van der Waals surface area contributed by atoms with Crippen molar-refractivity contribution >= 4 is 22.9 Å². The van der Waals surface area contributed by atoms with Crippen LogP contribution >= 0.6 is 0 Å². The van der Waals surface area contributed by atoms with Crippen LogP contribution in [0, 0.1) is 0 Å². The van der Waals surface area contributed by atoms with E-state index in [-0.39, 0.29) is 5.69 Å². The summed E-state index contributed by atoms with van der Waals surface area (Å²) in [6.07, 6.45) is 10.8. The Morgan fingerprint density at radius 3 is 2.54 bits per heavy atom. The second kappa shape index (κ2) is 10.5. The first kappa shape index (κ1) is 20.6. The summed E-state index contributed by atoms with van der Waals surface area (Å²) >= 11 is 0. The Morgan fingerprint density at radius 2 is 1.79 bits per heavy atom. The van der Waals surface area contributed by atoms with Gasteiger partial charge >= 0.3 is 5.69 Å². The van der Waals surface area contributed by atoms with E-state index in [1.54, 1.807) is 4.57 Å². The normalized spacial score (nSPS) is 15.8. The lowest BCUT2D eigenvalue weighted by atomic mass is 10.2. The predicted octanol–water partition coefficient (Wildman–Crippen LogP) is 2.96. The maximum atomic E-state index is 12.4. The number of aromatic amines is 1. The number of nitrogens with one attached hydrogen (secondary N) is 2. The molecule has 2 aromatic heterocycles. The van der Waals surface area contributed by atoms with Crippen LogP contribution in [-0.4, -0.2) is 50.6 Å². The number of imidazole rings is 1. The van der Waals surface area contributed by atoms with Crippen molar-refractivity contribution in [1.82, 2.24) is 24.4 Å². The van der Waals surface area contributed by atoms with Gasteiger partial charge in [0.1, 0.15) is 5.52 Å². The molecule has 28 heavy (non-hydrogen) atoms. The monoisotopic (exact) mass is 389 g/mol. The molecule has 1 aliphatic heterocycles. The van der Waals surface area contributed by atoms with Gasteiger partial charge in [0.25, 0.3) is 0 Å². The molecule has 3 rings (SSSR count). The number of fused-ring (bicyclic) bond motifs is 1. The summed E-state index contributed by atoms with van der Waals surface area (Å²) in [7, 11) is 0. The smallest absolute Gasteiger partial charge is 0.327 e. The summed E-state index contributed by atoms with van der Waals surface area (Å²) in [5.41, 5.74) is 7.02. The molecule has 0 radical (unpaired) electrons. The molecule has 8 heteroatoms. The van der Waals surface area contributed by atoms with Gasteiger partial charge in [0.05, 0.1) is 0 Å². The van der Waals surface area contributed by atoms with Crippen molar-refractivity contribution in [3.8, 4) is 0 Å². The molecule has 2 aromatic rings. The zero-order valence-corrected chi connectivity index (χ0v) is 17.2. The molecular weight excluding hydrogens is 354 g/mol. The lowest BCUT2D eigenvalue weighted by Gasteiger charge is -2.19. The summed E-state index contributed by atoms with van der Waals surface area (Å²) in [5, 5.41) is 3.20. The predicted molar refractivity (Wildman–Crippen MR) is 115 cm³/mol. The van der Waals surface area contributed by atoms with Crippen LogP contribution in [0.15, 0.2) is 4.79 Å². The van der Waals surface area contributed by atoms with Crippen LogP contribution in [0.3, 0.4) is 0 Å². The second-order valence-electron chi connectivity index (χ2n) is 7.81. The van der Waals surface area contributed by atoms with Crippen LogP contribution in [0.2, 0.25) is 0 Å². The molecule has 0 aromatic carbocycles. The van der Waals surface area contributed by atoms with Gasteiger partial charge in [-0.3, -0.25) is 4.57 Å². The summed E-state index contributed by atoms with van der Waals surface area (Å²) in [6.45, 7) is 7.24. The number of hydrogen-bond donors (Lipinski definition) is 3. The number of hydrogen-bond acceptors (Lipinski definition) is 6. The Balaban J connectivity index is 1.56. The van der Waals surface area contributed by atoms with Gasteiger partial charge in [0.2, 0.25) is 5.95 Å². The molecule has 0 spiro atoms. The number of H-pyrrole nitrogens is 1. The van der Waals surface area contributed by atoms with Crippen molar-refractivity contribution in [1.29, 1.82) is 0 Å². The van der Waals surface area contributed by atoms with E-state index in [9.17, 15) is 4.79 Å². The van der Waals surface area contributed by atoms with E-state index >= 15 is 0 Å². The van der Waals surface area contributed by atoms with Gasteiger partial charge in [0, 0.05) is 13.1 Å². The van der Waals surface area contributed by atoms with E-state index in [4.69, 9.17) is 5.73 Å². The van der Waals surface area contributed by atoms with E-state index in [1.165, 1.54) is 51.7 Å². The Kier molecular flexibility index (Phi) is 7.71. The number of aromatic nitrogens is 4. The summed E-state index contributed by atoms with van der Waals surface area (Å²) in [5.74, 6) is 0.813. The molecule has 0 aliphatic carbocycles. The third kappa shape index (κ3) is 5.47. The van der Waals surface area contributed by atoms with Crippen LogP contribution in [0.1, 0.15) is 64.7 Å². The number of nitrogens with zero attached hydrogens (tertiary/aromatic N) is 4. The molecule has 1 aliphatic rings. The van der Waals surface area contributed by atoms with E-state index in [0.29, 0.717) is 29.5 Å².